The molecule has 0 unspecified atom stereocenters. The largest absolute Gasteiger partial charge is 0.317 e. The topological polar surface area (TPSA) is 24.1 Å². The van der Waals surface area contributed by atoms with Crippen LogP contribution < -0.4 is 10.6 Å². The molecule has 2 nitrogen and oxygen atoms in total. The molecule has 0 bridgehead atoms. The summed E-state index contributed by atoms with van der Waals surface area (Å²) in [5.41, 5.74) is 2.91. The number of nitrogens with one attached hydrogen (secondary N) is 2. The van der Waals surface area contributed by atoms with E-state index in [-0.39, 0.29) is 0 Å². The van der Waals surface area contributed by atoms with Crippen LogP contribution in [-0.4, -0.2) is 26.2 Å². The van der Waals surface area contributed by atoms with Gasteiger partial charge in [-0.3, -0.25) is 0 Å². The van der Waals surface area contributed by atoms with Gasteiger partial charge in [0.2, 0.25) is 0 Å². The summed E-state index contributed by atoms with van der Waals surface area (Å²) in [4.78, 5) is 0. The highest BCUT2D eigenvalue weighted by Gasteiger charge is 1.95. The lowest BCUT2D eigenvalue weighted by Crippen LogP contribution is -2.17. The first kappa shape index (κ1) is 22.6. The van der Waals surface area contributed by atoms with Crippen molar-refractivity contribution in [2.75, 3.05) is 26.2 Å². The van der Waals surface area contributed by atoms with Gasteiger partial charge in [-0.25, -0.2) is 0 Å². The fraction of sp³-hybridized carbons (Fsp3) is 0.538. The first-order valence-corrected chi connectivity index (χ1v) is 11.4. The molecule has 0 heterocycles. The van der Waals surface area contributed by atoms with E-state index in [9.17, 15) is 0 Å². The molecule has 0 atom stereocenters. The van der Waals surface area contributed by atoms with Crippen LogP contribution in [0.3, 0.4) is 0 Å². The van der Waals surface area contributed by atoms with Crippen molar-refractivity contribution in [3.05, 3.63) is 71.8 Å². The molecule has 0 saturated heterocycles. The third kappa shape index (κ3) is 11.9. The summed E-state index contributed by atoms with van der Waals surface area (Å²) in [5, 5.41) is 7.18. The van der Waals surface area contributed by atoms with Crippen molar-refractivity contribution in [1.82, 2.24) is 10.6 Å². The lowest BCUT2D eigenvalue weighted by molar-refractivity contribution is 0.543. The van der Waals surface area contributed by atoms with Crippen LogP contribution in [0.1, 0.15) is 62.5 Å². The monoisotopic (exact) mass is 380 g/mol. The number of benzene rings is 2. The van der Waals surface area contributed by atoms with Crippen LogP contribution >= 0.6 is 0 Å². The summed E-state index contributed by atoms with van der Waals surface area (Å²) in [7, 11) is 0. The molecule has 0 radical (unpaired) electrons. The van der Waals surface area contributed by atoms with Crippen LogP contribution in [0.5, 0.6) is 0 Å². The second-order valence-electron chi connectivity index (χ2n) is 7.80. The smallest absolute Gasteiger partial charge is 0.00457 e. The van der Waals surface area contributed by atoms with E-state index in [0.717, 1.165) is 13.1 Å². The Balaban J connectivity index is 1.25. The predicted octanol–water partition coefficient (Wildman–Crippen LogP) is 5.77. The normalized spacial score (nSPS) is 11.0. The van der Waals surface area contributed by atoms with E-state index >= 15 is 0 Å². The number of aryl methyl sites for hydroxylation is 2. The van der Waals surface area contributed by atoms with Gasteiger partial charge in [0.05, 0.1) is 0 Å². The molecule has 2 aromatic rings. The Hall–Kier alpha value is -1.64. The Morgan fingerprint density at radius 1 is 0.393 bits per heavy atom. The van der Waals surface area contributed by atoms with Gasteiger partial charge in [0.25, 0.3) is 0 Å². The molecule has 0 aliphatic heterocycles. The zero-order valence-corrected chi connectivity index (χ0v) is 17.7. The predicted molar refractivity (Wildman–Crippen MR) is 123 cm³/mol. The third-order valence-corrected chi connectivity index (χ3v) is 5.28. The van der Waals surface area contributed by atoms with Crippen LogP contribution in [0, 0.1) is 0 Å². The molecule has 0 aromatic heterocycles. The number of hydrogen-bond acceptors (Lipinski definition) is 2. The van der Waals surface area contributed by atoms with Gasteiger partial charge in [-0.15, -0.1) is 0 Å². The van der Waals surface area contributed by atoms with Gasteiger partial charge in [-0.05, 0) is 75.8 Å². The Morgan fingerprint density at radius 2 is 0.750 bits per heavy atom. The van der Waals surface area contributed by atoms with Crippen molar-refractivity contribution in [3.8, 4) is 0 Å². The second-order valence-corrected chi connectivity index (χ2v) is 7.80. The average molecular weight is 381 g/mol. The minimum absolute atomic E-state index is 1.14. The highest BCUT2D eigenvalue weighted by molar-refractivity contribution is 5.15. The highest BCUT2D eigenvalue weighted by atomic mass is 14.8. The number of hydrogen-bond donors (Lipinski definition) is 2. The summed E-state index contributed by atoms with van der Waals surface area (Å²) in [5.74, 6) is 0. The first-order chi connectivity index (χ1) is 13.9. The first-order valence-electron chi connectivity index (χ1n) is 11.4. The Kier molecular flexibility index (Phi) is 13.2. The lowest BCUT2D eigenvalue weighted by Gasteiger charge is -2.06. The van der Waals surface area contributed by atoms with Crippen molar-refractivity contribution < 1.29 is 0 Å². The molecular formula is C26H40N2. The average Bonchev–Trinajstić information content (AvgIpc) is 2.75. The zero-order chi connectivity index (χ0) is 19.5. The maximum absolute atomic E-state index is 3.59. The standard InChI is InChI=1S/C26H40N2/c1(3-11-21-27-23-13-19-25-15-7-5-8-16-25)2-4-12-22-28-24-14-20-26-17-9-6-10-18-26/h5-10,15-18,27-28H,1-4,11-14,19-24H2. The van der Waals surface area contributed by atoms with Crippen molar-refractivity contribution in [2.24, 2.45) is 0 Å². The van der Waals surface area contributed by atoms with E-state index in [2.05, 4.69) is 71.3 Å². The van der Waals surface area contributed by atoms with Gasteiger partial charge < -0.3 is 10.6 Å². The van der Waals surface area contributed by atoms with Crippen molar-refractivity contribution >= 4 is 0 Å². The van der Waals surface area contributed by atoms with E-state index in [4.69, 9.17) is 0 Å². The van der Waals surface area contributed by atoms with Gasteiger partial charge in [-0.2, -0.15) is 0 Å². The van der Waals surface area contributed by atoms with Crippen LogP contribution in [0.2, 0.25) is 0 Å². The Morgan fingerprint density at radius 3 is 1.18 bits per heavy atom. The molecule has 0 saturated carbocycles. The maximum Gasteiger partial charge on any atom is -0.00457 e. The van der Waals surface area contributed by atoms with E-state index in [1.807, 2.05) is 0 Å². The quantitative estimate of drug-likeness (QED) is 0.340. The molecule has 28 heavy (non-hydrogen) atoms. The molecule has 0 spiro atoms. The second kappa shape index (κ2) is 16.3. The van der Waals surface area contributed by atoms with E-state index in [1.165, 1.54) is 88.4 Å². The summed E-state index contributed by atoms with van der Waals surface area (Å²) < 4.78 is 0. The van der Waals surface area contributed by atoms with E-state index in [0.29, 0.717) is 0 Å². The molecule has 0 fully saturated rings. The van der Waals surface area contributed by atoms with Crippen LogP contribution in [0.4, 0.5) is 0 Å². The van der Waals surface area contributed by atoms with Gasteiger partial charge in [0.1, 0.15) is 0 Å². The Labute approximate surface area is 173 Å². The highest BCUT2D eigenvalue weighted by Crippen LogP contribution is 2.05. The van der Waals surface area contributed by atoms with Gasteiger partial charge in [0, 0.05) is 0 Å². The molecule has 2 aromatic carbocycles. The van der Waals surface area contributed by atoms with Crippen LogP contribution in [-0.2, 0) is 12.8 Å². The minimum atomic E-state index is 1.14. The Bertz CT molecular complexity index is 514. The minimum Gasteiger partial charge on any atom is -0.317 e. The summed E-state index contributed by atoms with van der Waals surface area (Å²) in [6, 6.07) is 21.6. The fourth-order valence-corrected chi connectivity index (χ4v) is 3.58. The molecule has 0 aliphatic rings. The van der Waals surface area contributed by atoms with E-state index < -0.39 is 0 Å². The summed E-state index contributed by atoms with van der Waals surface area (Å²) >= 11 is 0. The number of rotatable bonds is 17. The summed E-state index contributed by atoms with van der Waals surface area (Å²) in [6.45, 7) is 4.64. The molecule has 0 aliphatic carbocycles. The van der Waals surface area contributed by atoms with Gasteiger partial charge in [-0.1, -0.05) is 86.3 Å². The van der Waals surface area contributed by atoms with Crippen molar-refractivity contribution in [1.29, 1.82) is 0 Å². The van der Waals surface area contributed by atoms with Crippen LogP contribution in [0.25, 0.3) is 0 Å². The van der Waals surface area contributed by atoms with Gasteiger partial charge in [0.15, 0.2) is 0 Å². The van der Waals surface area contributed by atoms with E-state index in [1.54, 1.807) is 0 Å². The van der Waals surface area contributed by atoms with Gasteiger partial charge >= 0.3 is 0 Å². The SMILES string of the molecule is c1ccc(CCCNCCCCCCCCNCCCc2ccccc2)cc1. The summed E-state index contributed by atoms with van der Waals surface area (Å²) in [6.07, 6.45) is 13.0. The zero-order valence-electron chi connectivity index (χ0n) is 17.7. The lowest BCUT2D eigenvalue weighted by atomic mass is 10.1. The maximum atomic E-state index is 3.59. The molecular weight excluding hydrogens is 340 g/mol. The van der Waals surface area contributed by atoms with Crippen molar-refractivity contribution in [3.63, 3.8) is 0 Å². The van der Waals surface area contributed by atoms with Crippen molar-refractivity contribution in [2.45, 2.75) is 64.2 Å². The molecule has 2 heteroatoms. The molecule has 154 valence electrons. The van der Waals surface area contributed by atoms with Crippen LogP contribution in [0.15, 0.2) is 60.7 Å². The third-order valence-electron chi connectivity index (χ3n) is 5.28. The molecule has 2 rings (SSSR count). The fourth-order valence-electron chi connectivity index (χ4n) is 3.58. The number of unbranched alkanes of at least 4 members (excludes halogenated alkanes) is 5. The molecule has 2 N–H and O–H groups in total. The molecule has 0 amide bonds.